The van der Waals surface area contributed by atoms with Crippen molar-refractivity contribution in [3.8, 4) is 17.1 Å². The molecule has 0 saturated carbocycles. The Labute approximate surface area is 150 Å². The minimum absolute atomic E-state index is 0.162. The number of aliphatic carboxylic acids is 1. The SMILES string of the molecule is CCOc1ccc2ccccc2c1-c1nc2ccccc2n1CC(=O)O. The Bertz CT molecular complexity index is 1110. The van der Waals surface area contributed by atoms with Gasteiger partial charge >= 0.3 is 5.97 Å². The lowest BCUT2D eigenvalue weighted by Gasteiger charge is -2.14. The fourth-order valence-corrected chi connectivity index (χ4v) is 3.32. The van der Waals surface area contributed by atoms with E-state index in [0.717, 1.165) is 27.4 Å². The summed E-state index contributed by atoms with van der Waals surface area (Å²) in [5.41, 5.74) is 2.38. The molecule has 0 saturated heterocycles. The molecule has 0 spiro atoms. The van der Waals surface area contributed by atoms with Crippen LogP contribution in [0.25, 0.3) is 33.2 Å². The van der Waals surface area contributed by atoms with Crippen LogP contribution in [0.1, 0.15) is 6.92 Å². The van der Waals surface area contributed by atoms with Gasteiger partial charge in [0, 0.05) is 0 Å². The summed E-state index contributed by atoms with van der Waals surface area (Å²) in [5, 5.41) is 11.5. The third kappa shape index (κ3) is 2.67. The maximum atomic E-state index is 11.5. The topological polar surface area (TPSA) is 64.4 Å². The number of para-hydroxylation sites is 2. The first kappa shape index (κ1) is 16.1. The van der Waals surface area contributed by atoms with Gasteiger partial charge in [-0.3, -0.25) is 4.79 Å². The van der Waals surface area contributed by atoms with Crippen molar-refractivity contribution < 1.29 is 14.6 Å². The standard InChI is InChI=1S/C21H18N2O3/c1-2-26-18-12-11-14-7-3-4-8-15(14)20(18)21-22-16-9-5-6-10-17(16)23(21)13-19(24)25/h3-12H,2,13H2,1H3,(H,24,25). The molecule has 0 radical (unpaired) electrons. The van der Waals surface area contributed by atoms with Crippen LogP contribution in [-0.2, 0) is 11.3 Å². The van der Waals surface area contributed by atoms with Crippen LogP contribution >= 0.6 is 0 Å². The summed E-state index contributed by atoms with van der Waals surface area (Å²) >= 11 is 0. The van der Waals surface area contributed by atoms with Crippen LogP contribution in [0, 0.1) is 0 Å². The summed E-state index contributed by atoms with van der Waals surface area (Å²) in [6.07, 6.45) is 0. The number of hydrogen-bond donors (Lipinski definition) is 1. The van der Waals surface area contributed by atoms with E-state index in [4.69, 9.17) is 9.72 Å². The predicted octanol–water partition coefficient (Wildman–Crippen LogP) is 4.34. The van der Waals surface area contributed by atoms with Crippen molar-refractivity contribution >= 4 is 27.8 Å². The number of fused-ring (bicyclic) bond motifs is 2. The number of carboxylic acid groups (broad SMARTS) is 1. The average Bonchev–Trinajstić information content (AvgIpc) is 2.99. The van der Waals surface area contributed by atoms with Gasteiger partial charge in [0.15, 0.2) is 0 Å². The molecule has 0 amide bonds. The monoisotopic (exact) mass is 346 g/mol. The highest BCUT2D eigenvalue weighted by Gasteiger charge is 2.20. The second-order valence-electron chi connectivity index (χ2n) is 6.00. The Morgan fingerprint density at radius 2 is 1.85 bits per heavy atom. The highest BCUT2D eigenvalue weighted by Crippen LogP contribution is 2.38. The van der Waals surface area contributed by atoms with E-state index in [1.54, 1.807) is 4.57 Å². The normalized spacial score (nSPS) is 11.1. The Hall–Kier alpha value is -3.34. The maximum Gasteiger partial charge on any atom is 0.323 e. The molecule has 1 heterocycles. The van der Waals surface area contributed by atoms with E-state index in [1.807, 2.05) is 67.6 Å². The van der Waals surface area contributed by atoms with Crippen molar-refractivity contribution in [1.29, 1.82) is 0 Å². The Morgan fingerprint density at radius 1 is 1.08 bits per heavy atom. The van der Waals surface area contributed by atoms with Gasteiger partial charge in [0.25, 0.3) is 0 Å². The first-order valence-corrected chi connectivity index (χ1v) is 8.51. The molecule has 0 atom stereocenters. The molecule has 1 aromatic heterocycles. The number of hydrogen-bond acceptors (Lipinski definition) is 3. The van der Waals surface area contributed by atoms with E-state index in [-0.39, 0.29) is 6.54 Å². The highest BCUT2D eigenvalue weighted by atomic mass is 16.5. The van der Waals surface area contributed by atoms with Gasteiger partial charge in [-0.15, -0.1) is 0 Å². The third-order valence-corrected chi connectivity index (χ3v) is 4.36. The van der Waals surface area contributed by atoms with Gasteiger partial charge in [-0.1, -0.05) is 42.5 Å². The summed E-state index contributed by atoms with van der Waals surface area (Å²) in [6.45, 7) is 2.29. The van der Waals surface area contributed by atoms with E-state index in [1.165, 1.54) is 0 Å². The molecule has 3 aromatic carbocycles. The van der Waals surface area contributed by atoms with E-state index in [0.29, 0.717) is 18.2 Å². The van der Waals surface area contributed by atoms with Crippen LogP contribution in [0.3, 0.4) is 0 Å². The summed E-state index contributed by atoms with van der Waals surface area (Å²) < 4.78 is 7.59. The Morgan fingerprint density at radius 3 is 2.65 bits per heavy atom. The third-order valence-electron chi connectivity index (χ3n) is 4.36. The fourth-order valence-electron chi connectivity index (χ4n) is 3.32. The molecule has 0 bridgehead atoms. The Kier molecular flexibility index (Phi) is 4.05. The zero-order valence-electron chi connectivity index (χ0n) is 14.3. The smallest absolute Gasteiger partial charge is 0.323 e. The first-order valence-electron chi connectivity index (χ1n) is 8.51. The van der Waals surface area contributed by atoms with E-state index in [9.17, 15) is 9.90 Å². The van der Waals surface area contributed by atoms with Gasteiger partial charge in [-0.05, 0) is 35.9 Å². The van der Waals surface area contributed by atoms with Crippen LogP contribution < -0.4 is 4.74 Å². The molecule has 26 heavy (non-hydrogen) atoms. The molecule has 0 aliphatic rings. The van der Waals surface area contributed by atoms with Crippen LogP contribution in [0.2, 0.25) is 0 Å². The molecule has 4 rings (SSSR count). The molecular weight excluding hydrogens is 328 g/mol. The lowest BCUT2D eigenvalue weighted by Crippen LogP contribution is -2.10. The molecule has 130 valence electrons. The van der Waals surface area contributed by atoms with Crippen LogP contribution in [0.4, 0.5) is 0 Å². The number of benzene rings is 3. The van der Waals surface area contributed by atoms with Crippen LogP contribution in [0.15, 0.2) is 60.7 Å². The van der Waals surface area contributed by atoms with Crippen molar-refractivity contribution in [2.75, 3.05) is 6.61 Å². The van der Waals surface area contributed by atoms with Crippen molar-refractivity contribution in [3.05, 3.63) is 60.7 Å². The van der Waals surface area contributed by atoms with Gasteiger partial charge in [0.1, 0.15) is 18.1 Å². The molecule has 0 aliphatic heterocycles. The summed E-state index contributed by atoms with van der Waals surface area (Å²) in [5.74, 6) is 0.398. The number of carboxylic acids is 1. The number of carbonyl (C=O) groups is 1. The second kappa shape index (κ2) is 6.52. The summed E-state index contributed by atoms with van der Waals surface area (Å²) in [6, 6.07) is 19.5. The highest BCUT2D eigenvalue weighted by molar-refractivity contribution is 6.00. The van der Waals surface area contributed by atoms with Gasteiger partial charge in [-0.25, -0.2) is 4.98 Å². The van der Waals surface area contributed by atoms with Crippen LogP contribution in [-0.4, -0.2) is 27.2 Å². The fraction of sp³-hybridized carbons (Fsp3) is 0.143. The van der Waals surface area contributed by atoms with Crippen molar-refractivity contribution in [1.82, 2.24) is 9.55 Å². The van der Waals surface area contributed by atoms with Crippen molar-refractivity contribution in [2.24, 2.45) is 0 Å². The first-order chi connectivity index (χ1) is 12.7. The Balaban J connectivity index is 2.09. The lowest BCUT2D eigenvalue weighted by molar-refractivity contribution is -0.137. The zero-order valence-corrected chi connectivity index (χ0v) is 14.3. The molecular formula is C21H18N2O3. The molecule has 5 heteroatoms. The minimum Gasteiger partial charge on any atom is -0.493 e. The zero-order chi connectivity index (χ0) is 18.1. The number of ether oxygens (including phenoxy) is 1. The van der Waals surface area contributed by atoms with Gasteiger partial charge < -0.3 is 14.4 Å². The molecule has 5 nitrogen and oxygen atoms in total. The van der Waals surface area contributed by atoms with Gasteiger partial charge in [0.2, 0.25) is 0 Å². The number of imidazole rings is 1. The predicted molar refractivity (Wildman–Crippen MR) is 101 cm³/mol. The largest absolute Gasteiger partial charge is 0.493 e. The van der Waals surface area contributed by atoms with E-state index in [2.05, 4.69) is 0 Å². The molecule has 0 aliphatic carbocycles. The second-order valence-corrected chi connectivity index (χ2v) is 6.00. The summed E-state index contributed by atoms with van der Waals surface area (Å²) in [7, 11) is 0. The molecule has 0 fully saturated rings. The number of rotatable bonds is 5. The lowest BCUT2D eigenvalue weighted by atomic mass is 10.0. The minimum atomic E-state index is -0.910. The van der Waals surface area contributed by atoms with Crippen LogP contribution in [0.5, 0.6) is 5.75 Å². The number of aromatic nitrogens is 2. The van der Waals surface area contributed by atoms with E-state index >= 15 is 0 Å². The molecule has 1 N–H and O–H groups in total. The van der Waals surface area contributed by atoms with Gasteiger partial charge in [0.05, 0.1) is 23.2 Å². The van der Waals surface area contributed by atoms with Crippen molar-refractivity contribution in [3.63, 3.8) is 0 Å². The van der Waals surface area contributed by atoms with E-state index < -0.39 is 5.97 Å². The summed E-state index contributed by atoms with van der Waals surface area (Å²) in [4.78, 5) is 16.2. The molecule has 4 aromatic rings. The number of nitrogens with zero attached hydrogens (tertiary/aromatic N) is 2. The maximum absolute atomic E-state index is 11.5. The van der Waals surface area contributed by atoms with Crippen molar-refractivity contribution in [2.45, 2.75) is 13.5 Å². The van der Waals surface area contributed by atoms with Gasteiger partial charge in [-0.2, -0.15) is 0 Å². The molecule has 0 unspecified atom stereocenters. The quantitative estimate of drug-likeness (QED) is 0.584. The average molecular weight is 346 g/mol.